The number of nitrogens with one attached hydrogen (secondary N) is 1. The van der Waals surface area contributed by atoms with Gasteiger partial charge in [-0.2, -0.15) is 0 Å². The van der Waals surface area contributed by atoms with Gasteiger partial charge in [-0.05, 0) is 37.1 Å². The Balaban J connectivity index is 1.44. The molecule has 1 aliphatic heterocycles. The Hall–Kier alpha value is -3.74. The van der Waals surface area contributed by atoms with Crippen LogP contribution in [0, 0.1) is 0 Å². The van der Waals surface area contributed by atoms with Crippen molar-refractivity contribution >= 4 is 22.6 Å². The van der Waals surface area contributed by atoms with Crippen LogP contribution < -0.4 is 10.7 Å². The minimum absolute atomic E-state index is 0.0274. The van der Waals surface area contributed by atoms with Crippen molar-refractivity contribution in [2.45, 2.75) is 32.2 Å². The zero-order valence-electron chi connectivity index (χ0n) is 16.3. The van der Waals surface area contributed by atoms with Gasteiger partial charge >= 0.3 is 0 Å². The van der Waals surface area contributed by atoms with Gasteiger partial charge in [0.25, 0.3) is 5.91 Å². The first-order chi connectivity index (χ1) is 14.7. The van der Waals surface area contributed by atoms with Gasteiger partial charge in [0.05, 0.1) is 5.39 Å². The highest BCUT2D eigenvalue weighted by Crippen LogP contribution is 2.25. The van der Waals surface area contributed by atoms with Crippen LogP contribution in [0.3, 0.4) is 0 Å². The Morgan fingerprint density at radius 3 is 2.83 bits per heavy atom. The number of aryl methyl sites for hydroxylation is 1. The number of anilines is 1. The zero-order chi connectivity index (χ0) is 20.5. The van der Waals surface area contributed by atoms with Crippen molar-refractivity contribution in [3.63, 3.8) is 0 Å². The van der Waals surface area contributed by atoms with E-state index in [0.717, 1.165) is 43.0 Å². The van der Waals surface area contributed by atoms with Gasteiger partial charge in [0, 0.05) is 30.3 Å². The largest absolute Gasteiger partial charge is 0.451 e. The third kappa shape index (κ3) is 3.39. The molecule has 5 rings (SSSR count). The molecule has 0 bridgehead atoms. The number of rotatable bonds is 3. The van der Waals surface area contributed by atoms with Crippen LogP contribution >= 0.6 is 0 Å². The van der Waals surface area contributed by atoms with Gasteiger partial charge in [0.1, 0.15) is 11.4 Å². The van der Waals surface area contributed by atoms with Gasteiger partial charge < -0.3 is 14.3 Å². The fourth-order valence-electron chi connectivity index (χ4n) is 3.84. The fraction of sp³-hybridized carbons (Fsp3) is 0.217. The minimum Gasteiger partial charge on any atom is -0.451 e. The first-order valence-electron chi connectivity index (χ1n) is 10.1. The summed E-state index contributed by atoms with van der Waals surface area (Å²) in [4.78, 5) is 25.0. The molecule has 0 spiro atoms. The first-order valence-corrected chi connectivity index (χ1v) is 10.1. The maximum Gasteiger partial charge on any atom is 0.291 e. The van der Waals surface area contributed by atoms with E-state index in [1.165, 1.54) is 12.5 Å². The quantitative estimate of drug-likeness (QED) is 0.561. The predicted molar refractivity (Wildman–Crippen MR) is 113 cm³/mol. The third-order valence-corrected chi connectivity index (χ3v) is 5.35. The Labute approximate surface area is 172 Å². The van der Waals surface area contributed by atoms with Crippen LogP contribution in [0.1, 0.15) is 35.6 Å². The molecule has 7 nitrogen and oxygen atoms in total. The van der Waals surface area contributed by atoms with Crippen molar-refractivity contribution < 1.29 is 9.21 Å². The monoisotopic (exact) mass is 400 g/mol. The molecule has 0 saturated heterocycles. The van der Waals surface area contributed by atoms with Crippen LogP contribution in [-0.4, -0.2) is 20.7 Å². The highest BCUT2D eigenvalue weighted by atomic mass is 16.3. The highest BCUT2D eigenvalue weighted by Gasteiger charge is 2.17. The van der Waals surface area contributed by atoms with Crippen LogP contribution in [0.15, 0.2) is 63.8 Å². The molecule has 0 saturated carbocycles. The highest BCUT2D eigenvalue weighted by molar-refractivity contribution is 6.03. The molecule has 1 N–H and O–H groups in total. The van der Waals surface area contributed by atoms with Crippen LogP contribution in [-0.2, 0) is 13.0 Å². The van der Waals surface area contributed by atoms with Crippen LogP contribution in [0.5, 0.6) is 0 Å². The van der Waals surface area contributed by atoms with E-state index in [9.17, 15) is 9.59 Å². The summed E-state index contributed by atoms with van der Waals surface area (Å²) < 4.78 is 7.79. The van der Waals surface area contributed by atoms with Gasteiger partial charge in [0.2, 0.25) is 0 Å². The lowest BCUT2D eigenvalue weighted by atomic mass is 10.1. The molecule has 0 radical (unpaired) electrons. The molecular weight excluding hydrogens is 380 g/mol. The van der Waals surface area contributed by atoms with E-state index in [1.54, 1.807) is 30.3 Å². The van der Waals surface area contributed by atoms with Crippen molar-refractivity contribution in [3.05, 3.63) is 76.4 Å². The number of carbonyl (C=O) groups is 1. The number of amides is 1. The molecule has 1 aliphatic rings. The van der Waals surface area contributed by atoms with Gasteiger partial charge in [0.15, 0.2) is 17.0 Å². The summed E-state index contributed by atoms with van der Waals surface area (Å²) in [7, 11) is 0. The number of nitrogens with zero attached hydrogens (tertiary/aromatic N) is 3. The maximum absolute atomic E-state index is 12.7. The molecule has 4 aromatic rings. The molecule has 7 heteroatoms. The van der Waals surface area contributed by atoms with Gasteiger partial charge in [-0.25, -0.2) is 0 Å². The number of carbonyl (C=O) groups excluding carboxylic acids is 1. The molecule has 1 amide bonds. The lowest BCUT2D eigenvalue weighted by Crippen LogP contribution is -2.15. The second-order valence-electron chi connectivity index (χ2n) is 7.41. The van der Waals surface area contributed by atoms with Crippen molar-refractivity contribution in [1.29, 1.82) is 0 Å². The molecule has 0 unspecified atom stereocenters. The predicted octanol–water partition coefficient (Wildman–Crippen LogP) is 4.03. The summed E-state index contributed by atoms with van der Waals surface area (Å²) in [6, 6.07) is 15.6. The molecule has 2 aromatic carbocycles. The summed E-state index contributed by atoms with van der Waals surface area (Å²) in [5.74, 6) is 1.31. The van der Waals surface area contributed by atoms with E-state index in [2.05, 4.69) is 20.1 Å². The Kier molecular flexibility index (Phi) is 4.63. The molecule has 0 aliphatic carbocycles. The van der Waals surface area contributed by atoms with Crippen LogP contribution in [0.4, 0.5) is 5.69 Å². The smallest absolute Gasteiger partial charge is 0.291 e. The molecule has 3 heterocycles. The van der Waals surface area contributed by atoms with E-state index in [1.807, 2.05) is 18.2 Å². The topological polar surface area (TPSA) is 90.0 Å². The number of para-hydroxylation sites is 1. The van der Waals surface area contributed by atoms with Gasteiger partial charge in [-0.1, -0.05) is 30.7 Å². The Bertz CT molecular complexity index is 1310. The van der Waals surface area contributed by atoms with E-state index in [4.69, 9.17) is 4.42 Å². The Morgan fingerprint density at radius 1 is 1.00 bits per heavy atom. The second-order valence-corrected chi connectivity index (χ2v) is 7.41. The number of hydrogen-bond acceptors (Lipinski definition) is 5. The van der Waals surface area contributed by atoms with E-state index >= 15 is 0 Å². The second kappa shape index (κ2) is 7.59. The molecule has 0 atom stereocenters. The fourth-order valence-corrected chi connectivity index (χ4v) is 3.84. The SMILES string of the molecule is O=C(Nc1cccc(-c2nnc3n2CCCCC3)c1)c1cc(=O)c2ccccc2o1. The van der Waals surface area contributed by atoms with E-state index in [0.29, 0.717) is 16.7 Å². The molecule has 2 aromatic heterocycles. The lowest BCUT2D eigenvalue weighted by Gasteiger charge is -2.09. The lowest BCUT2D eigenvalue weighted by molar-refractivity contribution is 0.0997. The van der Waals surface area contributed by atoms with E-state index < -0.39 is 5.91 Å². The molecule has 0 fully saturated rings. The third-order valence-electron chi connectivity index (χ3n) is 5.35. The summed E-state index contributed by atoms with van der Waals surface area (Å²) >= 11 is 0. The summed E-state index contributed by atoms with van der Waals surface area (Å²) in [6.07, 6.45) is 4.36. The first kappa shape index (κ1) is 18.3. The minimum atomic E-state index is -0.477. The summed E-state index contributed by atoms with van der Waals surface area (Å²) in [6.45, 7) is 0.899. The number of benzene rings is 2. The van der Waals surface area contributed by atoms with Crippen molar-refractivity contribution in [2.75, 3.05) is 5.32 Å². The maximum atomic E-state index is 12.7. The van der Waals surface area contributed by atoms with Crippen molar-refractivity contribution in [1.82, 2.24) is 14.8 Å². The van der Waals surface area contributed by atoms with E-state index in [-0.39, 0.29) is 11.2 Å². The standard InChI is InChI=1S/C23H20N4O3/c28-18-14-20(30-19-10-4-3-9-17(18)19)23(29)24-16-8-6-7-15(13-16)22-26-25-21-11-2-1-5-12-27(21)22/h3-4,6-10,13-14H,1-2,5,11-12H2,(H,24,29). The van der Waals surface area contributed by atoms with Crippen molar-refractivity contribution in [2.24, 2.45) is 0 Å². The number of aromatic nitrogens is 3. The zero-order valence-corrected chi connectivity index (χ0v) is 16.3. The van der Waals surface area contributed by atoms with Gasteiger partial charge in [-0.15, -0.1) is 10.2 Å². The molecule has 30 heavy (non-hydrogen) atoms. The number of hydrogen-bond donors (Lipinski definition) is 1. The number of fused-ring (bicyclic) bond motifs is 2. The molecule has 150 valence electrons. The average molecular weight is 400 g/mol. The Morgan fingerprint density at radius 2 is 1.90 bits per heavy atom. The summed E-state index contributed by atoms with van der Waals surface area (Å²) in [5, 5.41) is 12.0. The summed E-state index contributed by atoms with van der Waals surface area (Å²) in [5.41, 5.74) is 1.62. The average Bonchev–Trinajstić information content (AvgIpc) is 3.02. The van der Waals surface area contributed by atoms with Crippen LogP contribution in [0.25, 0.3) is 22.4 Å². The normalized spacial score (nSPS) is 13.6. The van der Waals surface area contributed by atoms with Crippen molar-refractivity contribution in [3.8, 4) is 11.4 Å². The van der Waals surface area contributed by atoms with Crippen LogP contribution in [0.2, 0.25) is 0 Å². The van der Waals surface area contributed by atoms with Gasteiger partial charge in [-0.3, -0.25) is 9.59 Å². The molecular formula is C23H20N4O3.